The van der Waals surface area contributed by atoms with Crippen LogP contribution in [0.5, 0.6) is 0 Å². The van der Waals surface area contributed by atoms with E-state index in [1.54, 1.807) is 41.3 Å². The van der Waals surface area contributed by atoms with Gasteiger partial charge in [-0.05, 0) is 49.9 Å². The van der Waals surface area contributed by atoms with E-state index in [2.05, 4.69) is 15.4 Å². The maximum absolute atomic E-state index is 14.1. The Hall–Kier alpha value is -3.02. The van der Waals surface area contributed by atoms with Gasteiger partial charge in [-0.1, -0.05) is 18.2 Å². The maximum atomic E-state index is 14.1. The number of benzene rings is 1. The number of pyridine rings is 1. The summed E-state index contributed by atoms with van der Waals surface area (Å²) in [5.41, 5.74) is 3.72. The Morgan fingerprint density at radius 2 is 2.08 bits per heavy atom. The molecule has 0 spiro atoms. The molecule has 0 bridgehead atoms. The molecule has 6 heteroatoms. The highest BCUT2D eigenvalue weighted by atomic mass is 19.1. The van der Waals surface area contributed by atoms with E-state index in [-0.39, 0.29) is 17.8 Å². The molecule has 1 amide bonds. The van der Waals surface area contributed by atoms with Crippen LogP contribution in [0.4, 0.5) is 4.39 Å². The number of rotatable bonds is 3. The number of fused-ring (bicyclic) bond motifs is 1. The second kappa shape index (κ2) is 6.71. The summed E-state index contributed by atoms with van der Waals surface area (Å²) in [6.45, 7) is 1.93. The van der Waals surface area contributed by atoms with Crippen molar-refractivity contribution in [2.24, 2.45) is 0 Å². The summed E-state index contributed by atoms with van der Waals surface area (Å²) in [5.74, 6) is -0.519. The lowest BCUT2D eigenvalue weighted by Crippen LogP contribution is -2.31. The zero-order valence-corrected chi connectivity index (χ0v) is 14.4. The monoisotopic (exact) mass is 350 g/mol. The lowest BCUT2D eigenvalue weighted by Gasteiger charge is -2.24. The van der Waals surface area contributed by atoms with Crippen LogP contribution in [0.15, 0.2) is 48.8 Å². The summed E-state index contributed by atoms with van der Waals surface area (Å²) in [4.78, 5) is 16.7. The molecule has 0 unspecified atom stereocenters. The van der Waals surface area contributed by atoms with Crippen LogP contribution in [0.1, 0.15) is 46.2 Å². The Kier molecular flexibility index (Phi) is 4.24. The SMILES string of the molecule is Cc1ccc(C(=O)N[C@@H]2CCCc3c2cnn3-c2ccccc2F)nc1. The van der Waals surface area contributed by atoms with Crippen LogP contribution in [0.25, 0.3) is 5.69 Å². The molecule has 0 radical (unpaired) electrons. The third kappa shape index (κ3) is 2.98. The number of nitrogens with one attached hydrogen (secondary N) is 1. The molecule has 1 aliphatic carbocycles. The fourth-order valence-electron chi connectivity index (χ4n) is 3.37. The first-order chi connectivity index (χ1) is 12.6. The average Bonchev–Trinajstić information content (AvgIpc) is 3.07. The Bertz CT molecular complexity index is 949. The Labute approximate surface area is 150 Å². The van der Waals surface area contributed by atoms with Crippen LogP contribution in [0.3, 0.4) is 0 Å². The van der Waals surface area contributed by atoms with Crippen molar-refractivity contribution in [1.29, 1.82) is 0 Å². The third-order valence-electron chi connectivity index (χ3n) is 4.71. The summed E-state index contributed by atoms with van der Waals surface area (Å²) >= 11 is 0. The number of hydrogen-bond acceptors (Lipinski definition) is 3. The van der Waals surface area contributed by atoms with E-state index >= 15 is 0 Å². The third-order valence-corrected chi connectivity index (χ3v) is 4.71. The van der Waals surface area contributed by atoms with Crippen molar-refractivity contribution in [3.63, 3.8) is 0 Å². The number of amides is 1. The van der Waals surface area contributed by atoms with Gasteiger partial charge in [0.05, 0.1) is 12.2 Å². The van der Waals surface area contributed by atoms with Gasteiger partial charge in [0, 0.05) is 17.5 Å². The van der Waals surface area contributed by atoms with Crippen molar-refractivity contribution in [2.45, 2.75) is 32.2 Å². The Balaban J connectivity index is 1.61. The van der Waals surface area contributed by atoms with Gasteiger partial charge < -0.3 is 5.32 Å². The summed E-state index contributed by atoms with van der Waals surface area (Å²) in [6, 6.07) is 10.0. The molecular weight excluding hydrogens is 331 g/mol. The molecule has 0 aliphatic heterocycles. The molecule has 26 heavy (non-hydrogen) atoms. The average molecular weight is 350 g/mol. The second-order valence-electron chi connectivity index (χ2n) is 6.55. The van der Waals surface area contributed by atoms with Crippen LogP contribution in [-0.2, 0) is 6.42 Å². The molecule has 5 nitrogen and oxygen atoms in total. The zero-order valence-electron chi connectivity index (χ0n) is 14.4. The van der Waals surface area contributed by atoms with Crippen LogP contribution < -0.4 is 5.32 Å². The van der Waals surface area contributed by atoms with E-state index in [4.69, 9.17) is 0 Å². The van der Waals surface area contributed by atoms with Gasteiger partial charge in [0.25, 0.3) is 5.91 Å². The maximum Gasteiger partial charge on any atom is 0.270 e. The molecular formula is C20H19FN4O. The highest BCUT2D eigenvalue weighted by Gasteiger charge is 2.27. The van der Waals surface area contributed by atoms with Gasteiger partial charge in [0.1, 0.15) is 17.2 Å². The fourth-order valence-corrected chi connectivity index (χ4v) is 3.37. The minimum absolute atomic E-state index is 0.144. The lowest BCUT2D eigenvalue weighted by atomic mass is 9.92. The minimum Gasteiger partial charge on any atom is -0.344 e. The Morgan fingerprint density at radius 3 is 2.85 bits per heavy atom. The van der Waals surface area contributed by atoms with Crippen molar-refractivity contribution in [3.05, 3.63) is 77.1 Å². The van der Waals surface area contributed by atoms with Crippen LogP contribution in [0.2, 0.25) is 0 Å². The summed E-state index contributed by atoms with van der Waals surface area (Å²) in [7, 11) is 0. The van der Waals surface area contributed by atoms with Gasteiger partial charge in [-0.15, -0.1) is 0 Å². The van der Waals surface area contributed by atoms with E-state index in [0.717, 1.165) is 36.1 Å². The number of hydrogen-bond donors (Lipinski definition) is 1. The normalized spacial score (nSPS) is 16.2. The molecule has 1 aliphatic rings. The van der Waals surface area contributed by atoms with Crippen molar-refractivity contribution in [1.82, 2.24) is 20.1 Å². The van der Waals surface area contributed by atoms with Crippen molar-refractivity contribution in [2.75, 3.05) is 0 Å². The number of para-hydroxylation sites is 1. The second-order valence-corrected chi connectivity index (χ2v) is 6.55. The van der Waals surface area contributed by atoms with Crippen molar-refractivity contribution >= 4 is 5.91 Å². The first-order valence-corrected chi connectivity index (χ1v) is 8.68. The van der Waals surface area contributed by atoms with E-state index in [0.29, 0.717) is 11.4 Å². The van der Waals surface area contributed by atoms with Crippen LogP contribution >= 0.6 is 0 Å². The standard InChI is InChI=1S/C20H19FN4O/c1-13-9-10-17(22-11-13)20(26)24-16-6-4-8-18-14(16)12-23-25(18)19-7-3-2-5-15(19)21/h2-3,5,7,9-12,16H,4,6,8H2,1H3,(H,24,26)/t16-/m1/s1. The summed E-state index contributed by atoms with van der Waals surface area (Å²) < 4.78 is 15.8. The van der Waals surface area contributed by atoms with Crippen molar-refractivity contribution < 1.29 is 9.18 Å². The number of aromatic nitrogens is 3. The number of carbonyl (C=O) groups excluding carboxylic acids is 1. The van der Waals surface area contributed by atoms with Gasteiger partial charge in [-0.25, -0.2) is 9.07 Å². The van der Waals surface area contributed by atoms with E-state index in [9.17, 15) is 9.18 Å². The van der Waals surface area contributed by atoms with Gasteiger partial charge in [0.15, 0.2) is 0 Å². The van der Waals surface area contributed by atoms with E-state index in [1.807, 2.05) is 13.0 Å². The molecule has 0 saturated heterocycles. The Morgan fingerprint density at radius 1 is 1.23 bits per heavy atom. The molecule has 4 rings (SSSR count). The zero-order chi connectivity index (χ0) is 18.1. The van der Waals surface area contributed by atoms with Crippen LogP contribution in [0, 0.1) is 12.7 Å². The molecule has 0 fully saturated rings. The van der Waals surface area contributed by atoms with Gasteiger partial charge in [-0.3, -0.25) is 9.78 Å². The molecule has 1 aromatic carbocycles. The van der Waals surface area contributed by atoms with Crippen LogP contribution in [-0.4, -0.2) is 20.7 Å². The smallest absolute Gasteiger partial charge is 0.270 e. The molecule has 1 atom stereocenters. The molecule has 3 aromatic rings. The number of carbonyl (C=O) groups is 1. The topological polar surface area (TPSA) is 59.8 Å². The fraction of sp³-hybridized carbons (Fsp3) is 0.250. The summed E-state index contributed by atoms with van der Waals surface area (Å²) in [6.07, 6.45) is 5.94. The minimum atomic E-state index is -0.312. The lowest BCUT2D eigenvalue weighted by molar-refractivity contribution is 0.0927. The molecule has 2 heterocycles. The number of halogens is 1. The predicted octanol–water partition coefficient (Wildman–Crippen LogP) is 3.52. The predicted molar refractivity (Wildman–Crippen MR) is 95.6 cm³/mol. The quantitative estimate of drug-likeness (QED) is 0.786. The van der Waals surface area contributed by atoms with E-state index in [1.165, 1.54) is 6.07 Å². The highest BCUT2D eigenvalue weighted by Crippen LogP contribution is 2.31. The van der Waals surface area contributed by atoms with Gasteiger partial charge in [0.2, 0.25) is 0 Å². The largest absolute Gasteiger partial charge is 0.344 e. The van der Waals surface area contributed by atoms with E-state index < -0.39 is 0 Å². The number of nitrogens with zero attached hydrogens (tertiary/aromatic N) is 3. The molecule has 132 valence electrons. The van der Waals surface area contributed by atoms with Gasteiger partial charge >= 0.3 is 0 Å². The highest BCUT2D eigenvalue weighted by molar-refractivity contribution is 5.92. The van der Waals surface area contributed by atoms with Crippen molar-refractivity contribution in [3.8, 4) is 5.69 Å². The molecule has 1 N–H and O–H groups in total. The first kappa shape index (κ1) is 16.4. The number of aryl methyl sites for hydroxylation is 1. The summed E-state index contributed by atoms with van der Waals surface area (Å²) in [5, 5.41) is 7.42. The molecule has 2 aromatic heterocycles. The van der Waals surface area contributed by atoms with Gasteiger partial charge in [-0.2, -0.15) is 5.10 Å². The molecule has 0 saturated carbocycles. The first-order valence-electron chi connectivity index (χ1n) is 8.68.